The molecule has 1 aromatic carbocycles. The molecular weight excluding hydrogens is 242 g/mol. The molecule has 1 heterocycles. The van der Waals surface area contributed by atoms with Gasteiger partial charge in [0.15, 0.2) is 0 Å². The number of carbonyl (C=O) groups is 1. The maximum atomic E-state index is 11.3. The summed E-state index contributed by atoms with van der Waals surface area (Å²) < 4.78 is 0. The number of anilines is 1. The predicted octanol–water partition coefficient (Wildman–Crippen LogP) is 2.99. The number of aromatic nitrogens is 1. The number of pyridine rings is 1. The summed E-state index contributed by atoms with van der Waals surface area (Å²) >= 11 is 0. The maximum Gasteiger partial charge on any atom is 0.432 e. The van der Waals surface area contributed by atoms with E-state index in [2.05, 4.69) is 10.1 Å². The third-order valence-corrected chi connectivity index (χ3v) is 2.53. The number of nitrogens with zero attached hydrogens (tertiary/aromatic N) is 3. The van der Waals surface area contributed by atoms with Crippen LogP contribution in [0.15, 0.2) is 60.0 Å². The number of hydrogen-bond donors (Lipinski definition) is 1. The smallest absolute Gasteiger partial charge is 0.432 e. The molecule has 1 N–H and O–H groups in total. The molecule has 5 nitrogen and oxygen atoms in total. The fourth-order valence-electron chi connectivity index (χ4n) is 1.58. The predicted molar refractivity (Wildman–Crippen MR) is 73.4 cm³/mol. The lowest BCUT2D eigenvalue weighted by Gasteiger charge is -2.14. The van der Waals surface area contributed by atoms with Crippen molar-refractivity contribution in [2.75, 3.05) is 5.01 Å². The third kappa shape index (κ3) is 3.16. The van der Waals surface area contributed by atoms with Gasteiger partial charge in [0, 0.05) is 18.0 Å². The second kappa shape index (κ2) is 5.77. The van der Waals surface area contributed by atoms with E-state index in [1.807, 2.05) is 6.07 Å². The minimum Gasteiger partial charge on any atom is -0.463 e. The van der Waals surface area contributed by atoms with E-state index in [0.29, 0.717) is 11.4 Å². The zero-order chi connectivity index (χ0) is 13.7. The van der Waals surface area contributed by atoms with Crippen LogP contribution in [-0.4, -0.2) is 21.9 Å². The summed E-state index contributed by atoms with van der Waals surface area (Å²) in [6.07, 6.45) is 2.16. The second-order valence-corrected chi connectivity index (χ2v) is 3.85. The molecule has 0 spiro atoms. The fourth-order valence-corrected chi connectivity index (χ4v) is 1.58. The first-order valence-corrected chi connectivity index (χ1v) is 5.72. The third-order valence-electron chi connectivity index (χ3n) is 2.53. The molecule has 0 bridgehead atoms. The molecule has 2 rings (SSSR count). The first-order valence-electron chi connectivity index (χ1n) is 5.72. The van der Waals surface area contributed by atoms with Crippen LogP contribution in [0.1, 0.15) is 12.5 Å². The van der Waals surface area contributed by atoms with E-state index in [9.17, 15) is 9.90 Å². The topological polar surface area (TPSA) is 65.8 Å². The number of hydrogen-bond acceptors (Lipinski definition) is 3. The van der Waals surface area contributed by atoms with E-state index in [4.69, 9.17) is 0 Å². The van der Waals surface area contributed by atoms with E-state index in [-0.39, 0.29) is 0 Å². The lowest BCUT2D eigenvalue weighted by atomic mass is 10.2. The van der Waals surface area contributed by atoms with Gasteiger partial charge in [-0.05, 0) is 31.2 Å². The zero-order valence-corrected chi connectivity index (χ0v) is 10.4. The number of rotatable bonds is 3. The average molecular weight is 255 g/mol. The molecular formula is C14H13N3O2. The average Bonchev–Trinajstić information content (AvgIpc) is 2.46. The monoisotopic (exact) mass is 255 g/mol. The van der Waals surface area contributed by atoms with Crippen LogP contribution < -0.4 is 5.01 Å². The summed E-state index contributed by atoms with van der Waals surface area (Å²) in [5.41, 5.74) is 1.94. The summed E-state index contributed by atoms with van der Waals surface area (Å²) in [5, 5.41) is 14.3. The van der Waals surface area contributed by atoms with Gasteiger partial charge in [0.05, 0.1) is 11.4 Å². The van der Waals surface area contributed by atoms with Gasteiger partial charge in [-0.15, -0.1) is 0 Å². The SMILES string of the molecule is C/C(=N\N(C(=O)O)c1ccccc1)c1ccncc1. The maximum absolute atomic E-state index is 11.3. The fraction of sp³-hybridized carbons (Fsp3) is 0.0714. The molecule has 0 aliphatic carbocycles. The van der Waals surface area contributed by atoms with E-state index < -0.39 is 6.09 Å². The minimum atomic E-state index is -1.13. The van der Waals surface area contributed by atoms with Crippen LogP contribution in [0.5, 0.6) is 0 Å². The molecule has 0 fully saturated rings. The molecule has 2 aromatic rings. The van der Waals surface area contributed by atoms with Crippen LogP contribution in [-0.2, 0) is 0 Å². The minimum absolute atomic E-state index is 0.503. The van der Waals surface area contributed by atoms with Gasteiger partial charge >= 0.3 is 6.09 Å². The van der Waals surface area contributed by atoms with Crippen LogP contribution in [0.3, 0.4) is 0 Å². The highest BCUT2D eigenvalue weighted by atomic mass is 16.4. The Morgan fingerprint density at radius 1 is 1.16 bits per heavy atom. The Morgan fingerprint density at radius 3 is 2.37 bits per heavy atom. The van der Waals surface area contributed by atoms with Gasteiger partial charge in [-0.3, -0.25) is 4.98 Å². The van der Waals surface area contributed by atoms with E-state index in [1.54, 1.807) is 55.7 Å². The first kappa shape index (κ1) is 12.8. The Balaban J connectivity index is 2.34. The van der Waals surface area contributed by atoms with Crippen molar-refractivity contribution in [3.8, 4) is 0 Å². The second-order valence-electron chi connectivity index (χ2n) is 3.85. The number of amides is 1. The summed E-state index contributed by atoms with van der Waals surface area (Å²) in [6.45, 7) is 1.76. The van der Waals surface area contributed by atoms with Crippen molar-refractivity contribution >= 4 is 17.5 Å². The Morgan fingerprint density at radius 2 is 1.79 bits per heavy atom. The molecule has 0 aliphatic rings. The molecule has 0 radical (unpaired) electrons. The molecule has 0 aliphatic heterocycles. The summed E-state index contributed by atoms with van der Waals surface area (Å²) in [5.74, 6) is 0. The van der Waals surface area contributed by atoms with E-state index in [1.165, 1.54) is 0 Å². The molecule has 19 heavy (non-hydrogen) atoms. The van der Waals surface area contributed by atoms with Gasteiger partial charge in [0.2, 0.25) is 0 Å². The van der Waals surface area contributed by atoms with Gasteiger partial charge in [-0.25, -0.2) is 4.79 Å². The van der Waals surface area contributed by atoms with Crippen LogP contribution in [0.4, 0.5) is 10.5 Å². The molecule has 0 unspecified atom stereocenters. The quantitative estimate of drug-likeness (QED) is 0.677. The van der Waals surface area contributed by atoms with Crippen molar-refractivity contribution < 1.29 is 9.90 Å². The van der Waals surface area contributed by atoms with Gasteiger partial charge < -0.3 is 5.11 Å². The number of benzene rings is 1. The van der Waals surface area contributed by atoms with Gasteiger partial charge in [-0.1, -0.05) is 18.2 Å². The summed E-state index contributed by atoms with van der Waals surface area (Å²) in [6, 6.07) is 12.3. The lowest BCUT2D eigenvalue weighted by molar-refractivity contribution is 0.202. The van der Waals surface area contributed by atoms with Crippen molar-refractivity contribution in [2.24, 2.45) is 5.10 Å². The normalized spacial score (nSPS) is 11.1. The number of hydrazone groups is 1. The van der Waals surface area contributed by atoms with E-state index >= 15 is 0 Å². The molecule has 96 valence electrons. The lowest BCUT2D eigenvalue weighted by Crippen LogP contribution is -2.24. The molecule has 0 atom stereocenters. The molecule has 1 amide bonds. The van der Waals surface area contributed by atoms with Crippen molar-refractivity contribution in [1.82, 2.24) is 4.98 Å². The Labute approximate surface area is 110 Å². The van der Waals surface area contributed by atoms with Crippen LogP contribution in [0, 0.1) is 0 Å². The van der Waals surface area contributed by atoms with Crippen LogP contribution in [0.25, 0.3) is 0 Å². The van der Waals surface area contributed by atoms with E-state index in [0.717, 1.165) is 10.6 Å². The highest BCUT2D eigenvalue weighted by molar-refractivity contribution is 6.01. The molecule has 0 saturated carbocycles. The number of carboxylic acid groups (broad SMARTS) is 1. The largest absolute Gasteiger partial charge is 0.463 e. The molecule has 1 aromatic heterocycles. The van der Waals surface area contributed by atoms with Crippen molar-refractivity contribution in [1.29, 1.82) is 0 Å². The Hall–Kier alpha value is -2.69. The Bertz CT molecular complexity index is 582. The van der Waals surface area contributed by atoms with Crippen LogP contribution >= 0.6 is 0 Å². The van der Waals surface area contributed by atoms with Gasteiger partial charge in [0.25, 0.3) is 0 Å². The first-order chi connectivity index (χ1) is 9.18. The number of para-hydroxylation sites is 1. The van der Waals surface area contributed by atoms with Crippen LogP contribution in [0.2, 0.25) is 0 Å². The molecule has 0 saturated heterocycles. The molecule has 5 heteroatoms. The van der Waals surface area contributed by atoms with Crippen molar-refractivity contribution in [2.45, 2.75) is 6.92 Å². The van der Waals surface area contributed by atoms with Gasteiger partial charge in [-0.2, -0.15) is 10.1 Å². The Kier molecular flexibility index (Phi) is 3.87. The zero-order valence-electron chi connectivity index (χ0n) is 10.4. The highest BCUT2D eigenvalue weighted by Crippen LogP contribution is 2.15. The summed E-state index contributed by atoms with van der Waals surface area (Å²) in [4.78, 5) is 15.2. The highest BCUT2D eigenvalue weighted by Gasteiger charge is 2.13. The van der Waals surface area contributed by atoms with Crippen molar-refractivity contribution in [3.05, 3.63) is 60.4 Å². The van der Waals surface area contributed by atoms with Crippen molar-refractivity contribution in [3.63, 3.8) is 0 Å². The summed E-state index contributed by atoms with van der Waals surface area (Å²) in [7, 11) is 0. The van der Waals surface area contributed by atoms with Gasteiger partial charge in [0.1, 0.15) is 0 Å². The standard InChI is InChI=1S/C14H13N3O2/c1-11(12-7-9-15-10-8-12)16-17(14(18)19)13-5-3-2-4-6-13/h2-10H,1H3,(H,18,19)/b16-11+.